The van der Waals surface area contributed by atoms with Crippen molar-refractivity contribution in [2.75, 3.05) is 6.61 Å². The molecule has 0 aliphatic carbocycles. The van der Waals surface area contributed by atoms with Gasteiger partial charge in [0.15, 0.2) is 0 Å². The van der Waals surface area contributed by atoms with Crippen LogP contribution in [0.15, 0.2) is 4.79 Å². The van der Waals surface area contributed by atoms with E-state index in [2.05, 4.69) is 15.3 Å². The molecule has 1 aromatic heterocycles. The van der Waals surface area contributed by atoms with E-state index >= 15 is 0 Å². The lowest BCUT2D eigenvalue weighted by Crippen LogP contribution is -2.49. The van der Waals surface area contributed by atoms with Gasteiger partial charge in [0.25, 0.3) is 0 Å². The fourth-order valence-corrected chi connectivity index (χ4v) is 1.80. The first-order valence-electron chi connectivity index (χ1n) is 6.29. The van der Waals surface area contributed by atoms with Crippen LogP contribution >= 0.6 is 0 Å². The minimum absolute atomic E-state index is 0.114. The highest BCUT2D eigenvalue weighted by molar-refractivity contribution is 5.79. The second-order valence-corrected chi connectivity index (χ2v) is 5.03. The highest BCUT2D eigenvalue weighted by Crippen LogP contribution is 2.11. The average Bonchev–Trinajstić information content (AvgIpc) is 2.33. The molecule has 1 atom stereocenters. The summed E-state index contributed by atoms with van der Waals surface area (Å²) in [6.45, 7) is 7.01. The van der Waals surface area contributed by atoms with E-state index in [1.165, 1.54) is 0 Å². The molecule has 1 unspecified atom stereocenters. The Morgan fingerprint density at radius 3 is 2.58 bits per heavy atom. The molecule has 0 radical (unpaired) electrons. The standard InChI is InChI=1S/C13H21N3O3/c1-5-13(4,7-17)16-11(18)6-10-8(2)14-12(19)15-9(10)3/h17H,5-7H2,1-4H3,(H,16,18)(H,14,15,19). The molecule has 19 heavy (non-hydrogen) atoms. The molecule has 6 heteroatoms. The van der Waals surface area contributed by atoms with E-state index in [1.54, 1.807) is 20.8 Å². The predicted octanol–water partition coefficient (Wildman–Crippen LogP) is 0.206. The number of rotatable bonds is 5. The quantitative estimate of drug-likeness (QED) is 0.710. The highest BCUT2D eigenvalue weighted by Gasteiger charge is 2.23. The molecule has 0 aliphatic heterocycles. The SMILES string of the molecule is CCC(C)(CO)NC(=O)Cc1c(C)nc(=O)[nH]c1C. The van der Waals surface area contributed by atoms with Gasteiger partial charge in [-0.15, -0.1) is 0 Å². The van der Waals surface area contributed by atoms with E-state index in [-0.39, 0.29) is 18.9 Å². The number of carbonyl (C=O) groups excluding carboxylic acids is 1. The molecule has 0 bridgehead atoms. The fraction of sp³-hybridized carbons (Fsp3) is 0.615. The zero-order valence-corrected chi connectivity index (χ0v) is 11.8. The summed E-state index contributed by atoms with van der Waals surface area (Å²) < 4.78 is 0. The van der Waals surface area contributed by atoms with Crippen LogP contribution < -0.4 is 11.0 Å². The number of aryl methyl sites for hydroxylation is 2. The molecule has 0 saturated heterocycles. The molecular formula is C13H21N3O3. The molecule has 0 saturated carbocycles. The van der Waals surface area contributed by atoms with Crippen molar-refractivity contribution in [2.24, 2.45) is 0 Å². The smallest absolute Gasteiger partial charge is 0.345 e. The van der Waals surface area contributed by atoms with Crippen molar-refractivity contribution in [3.05, 3.63) is 27.4 Å². The van der Waals surface area contributed by atoms with Crippen molar-refractivity contribution >= 4 is 5.91 Å². The van der Waals surface area contributed by atoms with E-state index in [9.17, 15) is 14.7 Å². The third-order valence-corrected chi connectivity index (χ3v) is 3.36. The van der Waals surface area contributed by atoms with Crippen LogP contribution in [0.25, 0.3) is 0 Å². The number of nitrogens with one attached hydrogen (secondary N) is 2. The zero-order chi connectivity index (χ0) is 14.6. The van der Waals surface area contributed by atoms with Crippen LogP contribution in [0.2, 0.25) is 0 Å². The van der Waals surface area contributed by atoms with Gasteiger partial charge in [0, 0.05) is 17.0 Å². The molecule has 0 spiro atoms. The first-order valence-corrected chi connectivity index (χ1v) is 6.29. The van der Waals surface area contributed by atoms with Crippen molar-refractivity contribution in [1.82, 2.24) is 15.3 Å². The number of aliphatic hydroxyl groups is 1. The lowest BCUT2D eigenvalue weighted by atomic mass is 9.99. The summed E-state index contributed by atoms with van der Waals surface area (Å²) in [7, 11) is 0. The van der Waals surface area contributed by atoms with Gasteiger partial charge in [-0.1, -0.05) is 6.92 Å². The molecule has 106 valence electrons. The maximum absolute atomic E-state index is 12.0. The van der Waals surface area contributed by atoms with Crippen LogP contribution in [0.1, 0.15) is 37.2 Å². The lowest BCUT2D eigenvalue weighted by Gasteiger charge is -2.27. The van der Waals surface area contributed by atoms with Crippen LogP contribution in [0, 0.1) is 13.8 Å². The Balaban J connectivity index is 2.87. The van der Waals surface area contributed by atoms with E-state index < -0.39 is 11.2 Å². The van der Waals surface area contributed by atoms with Gasteiger partial charge in [-0.3, -0.25) is 4.79 Å². The van der Waals surface area contributed by atoms with Crippen LogP contribution in [0.5, 0.6) is 0 Å². The predicted molar refractivity (Wildman–Crippen MR) is 72.0 cm³/mol. The van der Waals surface area contributed by atoms with E-state index in [4.69, 9.17) is 0 Å². The van der Waals surface area contributed by atoms with Crippen LogP contribution in [0.4, 0.5) is 0 Å². The van der Waals surface area contributed by atoms with Gasteiger partial charge in [0.05, 0.1) is 18.6 Å². The van der Waals surface area contributed by atoms with Crippen LogP contribution in [-0.4, -0.2) is 33.1 Å². The minimum Gasteiger partial charge on any atom is -0.394 e. The molecule has 1 amide bonds. The van der Waals surface area contributed by atoms with E-state index in [0.29, 0.717) is 23.4 Å². The van der Waals surface area contributed by atoms with Gasteiger partial charge in [-0.2, -0.15) is 4.98 Å². The molecule has 0 aromatic carbocycles. The van der Waals surface area contributed by atoms with Crippen molar-refractivity contribution in [3.8, 4) is 0 Å². The summed E-state index contributed by atoms with van der Waals surface area (Å²) in [4.78, 5) is 29.5. The number of nitrogens with zero attached hydrogens (tertiary/aromatic N) is 1. The summed E-state index contributed by atoms with van der Waals surface area (Å²) in [5.41, 5.74) is 0.893. The molecule has 0 aliphatic rings. The molecule has 1 rings (SSSR count). The molecule has 1 aromatic rings. The zero-order valence-electron chi connectivity index (χ0n) is 11.8. The highest BCUT2D eigenvalue weighted by atomic mass is 16.3. The van der Waals surface area contributed by atoms with Crippen molar-refractivity contribution in [1.29, 1.82) is 0 Å². The monoisotopic (exact) mass is 267 g/mol. The van der Waals surface area contributed by atoms with Gasteiger partial charge in [-0.05, 0) is 27.2 Å². The fourth-order valence-electron chi connectivity index (χ4n) is 1.80. The first-order chi connectivity index (χ1) is 8.81. The Labute approximate surface area is 112 Å². The van der Waals surface area contributed by atoms with E-state index in [1.807, 2.05) is 6.92 Å². The summed E-state index contributed by atoms with van der Waals surface area (Å²) in [6, 6.07) is 0. The maximum Gasteiger partial charge on any atom is 0.345 e. The Bertz CT molecular complexity index is 492. The minimum atomic E-state index is -0.617. The number of hydrogen-bond acceptors (Lipinski definition) is 4. The van der Waals surface area contributed by atoms with Gasteiger partial charge >= 0.3 is 5.69 Å². The Hall–Kier alpha value is -1.69. The Kier molecular flexibility index (Phi) is 4.83. The first kappa shape index (κ1) is 15.4. The maximum atomic E-state index is 12.0. The number of hydrogen-bond donors (Lipinski definition) is 3. The molecule has 3 N–H and O–H groups in total. The number of H-pyrrole nitrogens is 1. The topological polar surface area (TPSA) is 95.1 Å². The number of carbonyl (C=O) groups is 1. The third-order valence-electron chi connectivity index (χ3n) is 3.36. The molecular weight excluding hydrogens is 246 g/mol. The van der Waals surface area contributed by atoms with Gasteiger partial charge < -0.3 is 15.4 Å². The summed E-state index contributed by atoms with van der Waals surface area (Å²) in [6.07, 6.45) is 0.772. The van der Waals surface area contributed by atoms with Crippen LogP contribution in [-0.2, 0) is 11.2 Å². The molecule has 6 nitrogen and oxygen atoms in total. The number of aromatic nitrogens is 2. The van der Waals surface area contributed by atoms with Gasteiger partial charge in [0.2, 0.25) is 5.91 Å². The summed E-state index contributed by atoms with van der Waals surface area (Å²) in [5, 5.41) is 12.1. The van der Waals surface area contributed by atoms with Gasteiger partial charge in [0.1, 0.15) is 0 Å². The summed E-state index contributed by atoms with van der Waals surface area (Å²) in [5.74, 6) is -0.196. The normalized spacial score (nSPS) is 13.9. The van der Waals surface area contributed by atoms with Crippen LogP contribution in [0.3, 0.4) is 0 Å². The number of amides is 1. The van der Waals surface area contributed by atoms with Crippen molar-refractivity contribution in [3.63, 3.8) is 0 Å². The molecule has 1 heterocycles. The average molecular weight is 267 g/mol. The summed E-state index contributed by atoms with van der Waals surface area (Å²) >= 11 is 0. The van der Waals surface area contributed by atoms with Gasteiger partial charge in [-0.25, -0.2) is 4.79 Å². The second kappa shape index (κ2) is 5.97. The van der Waals surface area contributed by atoms with Crippen molar-refractivity contribution in [2.45, 2.75) is 46.1 Å². The van der Waals surface area contributed by atoms with E-state index in [0.717, 1.165) is 0 Å². The lowest BCUT2D eigenvalue weighted by molar-refractivity contribution is -0.122. The Morgan fingerprint density at radius 2 is 2.11 bits per heavy atom. The largest absolute Gasteiger partial charge is 0.394 e. The Morgan fingerprint density at radius 1 is 1.47 bits per heavy atom. The number of aliphatic hydroxyl groups excluding tert-OH is 1. The number of aromatic amines is 1. The third kappa shape index (κ3) is 3.89. The second-order valence-electron chi connectivity index (χ2n) is 5.03. The van der Waals surface area contributed by atoms with Crippen molar-refractivity contribution < 1.29 is 9.90 Å². The molecule has 0 fully saturated rings.